The zero-order valence-corrected chi connectivity index (χ0v) is 12.0. The van der Waals surface area contributed by atoms with Crippen molar-refractivity contribution in [3.63, 3.8) is 0 Å². The number of benzene rings is 1. The molecule has 1 aromatic heterocycles. The Morgan fingerprint density at radius 2 is 2.00 bits per heavy atom. The molecule has 1 heterocycles. The number of carboxylic acids is 1. The average Bonchev–Trinajstić information content (AvgIpc) is 2.46. The second-order valence-corrected chi connectivity index (χ2v) is 5.07. The fourth-order valence-corrected chi connectivity index (χ4v) is 1.71. The number of carboxylic acid groups (broad SMARTS) is 1. The second kappa shape index (κ2) is 6.69. The van der Waals surface area contributed by atoms with Crippen LogP contribution in [0.15, 0.2) is 36.7 Å². The van der Waals surface area contributed by atoms with Crippen molar-refractivity contribution in [3.05, 3.63) is 42.2 Å². The number of hydrogen-bond acceptors (Lipinski definition) is 5. The number of hydrogen-bond donors (Lipinski definition) is 3. The molecule has 21 heavy (non-hydrogen) atoms. The summed E-state index contributed by atoms with van der Waals surface area (Å²) < 4.78 is 0. The van der Waals surface area contributed by atoms with Gasteiger partial charge in [-0.25, -0.2) is 14.8 Å². The van der Waals surface area contributed by atoms with Crippen molar-refractivity contribution in [1.29, 1.82) is 0 Å². The summed E-state index contributed by atoms with van der Waals surface area (Å²) in [5.74, 6) is 0.902. The highest BCUT2D eigenvalue weighted by molar-refractivity contribution is 5.89. The SMILES string of the molecule is CC(C)CNc1cc(Nc2cccc(C(=O)O)c2)ncn1. The van der Waals surface area contributed by atoms with Gasteiger partial charge in [0, 0.05) is 18.3 Å². The van der Waals surface area contributed by atoms with Gasteiger partial charge in [0.05, 0.1) is 5.56 Å². The Balaban J connectivity index is 2.10. The second-order valence-electron chi connectivity index (χ2n) is 5.07. The van der Waals surface area contributed by atoms with Gasteiger partial charge < -0.3 is 15.7 Å². The summed E-state index contributed by atoms with van der Waals surface area (Å²) in [6, 6.07) is 8.37. The van der Waals surface area contributed by atoms with Crippen LogP contribution >= 0.6 is 0 Å². The van der Waals surface area contributed by atoms with Crippen LogP contribution in [0.2, 0.25) is 0 Å². The molecule has 0 spiro atoms. The van der Waals surface area contributed by atoms with Crippen LogP contribution < -0.4 is 10.6 Å². The van der Waals surface area contributed by atoms with Crippen molar-refractivity contribution >= 4 is 23.3 Å². The van der Waals surface area contributed by atoms with Gasteiger partial charge in [0.15, 0.2) is 0 Å². The Morgan fingerprint density at radius 1 is 1.24 bits per heavy atom. The number of carbonyl (C=O) groups is 1. The van der Waals surface area contributed by atoms with Crippen LogP contribution in [-0.2, 0) is 0 Å². The predicted octanol–water partition coefficient (Wildman–Crippen LogP) is 2.99. The van der Waals surface area contributed by atoms with Gasteiger partial charge >= 0.3 is 5.97 Å². The van der Waals surface area contributed by atoms with Crippen molar-refractivity contribution in [2.75, 3.05) is 17.2 Å². The van der Waals surface area contributed by atoms with Crippen molar-refractivity contribution in [2.45, 2.75) is 13.8 Å². The van der Waals surface area contributed by atoms with E-state index in [1.54, 1.807) is 30.3 Å². The largest absolute Gasteiger partial charge is 0.478 e. The van der Waals surface area contributed by atoms with Gasteiger partial charge in [0.1, 0.15) is 18.0 Å². The molecule has 2 aromatic rings. The first kappa shape index (κ1) is 14.8. The lowest BCUT2D eigenvalue weighted by Crippen LogP contribution is -2.09. The van der Waals surface area contributed by atoms with Gasteiger partial charge in [-0.2, -0.15) is 0 Å². The lowest BCUT2D eigenvalue weighted by atomic mass is 10.2. The Hall–Kier alpha value is -2.63. The van der Waals surface area contributed by atoms with E-state index in [4.69, 9.17) is 5.11 Å². The van der Waals surface area contributed by atoms with Crippen molar-refractivity contribution < 1.29 is 9.90 Å². The standard InChI is InChI=1S/C15H18N4O2/c1-10(2)8-16-13-7-14(18-9-17-13)19-12-5-3-4-11(6-12)15(20)21/h3-7,9-10H,8H2,1-2H3,(H,20,21)(H2,16,17,18,19). The molecule has 0 saturated heterocycles. The number of aromatic carboxylic acids is 1. The van der Waals surface area contributed by atoms with Gasteiger partial charge in [0.2, 0.25) is 0 Å². The van der Waals surface area contributed by atoms with Gasteiger partial charge in [-0.15, -0.1) is 0 Å². The molecule has 0 amide bonds. The number of nitrogens with one attached hydrogen (secondary N) is 2. The zero-order chi connectivity index (χ0) is 15.2. The van der Waals surface area contributed by atoms with E-state index in [2.05, 4.69) is 34.4 Å². The number of aromatic nitrogens is 2. The van der Waals surface area contributed by atoms with E-state index >= 15 is 0 Å². The first-order valence-electron chi connectivity index (χ1n) is 6.71. The molecule has 6 heteroatoms. The summed E-state index contributed by atoms with van der Waals surface area (Å²) in [5.41, 5.74) is 0.899. The highest BCUT2D eigenvalue weighted by atomic mass is 16.4. The van der Waals surface area contributed by atoms with Crippen LogP contribution in [0.5, 0.6) is 0 Å². The van der Waals surface area contributed by atoms with Gasteiger partial charge in [-0.05, 0) is 24.1 Å². The molecule has 2 rings (SSSR count). The molecule has 0 radical (unpaired) electrons. The minimum Gasteiger partial charge on any atom is -0.478 e. The van der Waals surface area contributed by atoms with Gasteiger partial charge in [-0.1, -0.05) is 19.9 Å². The maximum Gasteiger partial charge on any atom is 0.335 e. The smallest absolute Gasteiger partial charge is 0.335 e. The van der Waals surface area contributed by atoms with E-state index in [1.807, 2.05) is 0 Å². The number of nitrogens with zero attached hydrogens (tertiary/aromatic N) is 2. The molecule has 0 aliphatic carbocycles. The molecule has 0 atom stereocenters. The molecule has 0 bridgehead atoms. The van der Waals surface area contributed by atoms with Crippen LogP contribution in [0.3, 0.4) is 0 Å². The molecule has 6 nitrogen and oxygen atoms in total. The monoisotopic (exact) mass is 286 g/mol. The Kier molecular flexibility index (Phi) is 4.71. The molecule has 0 aliphatic rings. The Morgan fingerprint density at radius 3 is 2.71 bits per heavy atom. The van der Waals surface area contributed by atoms with Gasteiger partial charge in [-0.3, -0.25) is 0 Å². The summed E-state index contributed by atoms with van der Waals surface area (Å²) in [7, 11) is 0. The quantitative estimate of drug-likeness (QED) is 0.756. The zero-order valence-electron chi connectivity index (χ0n) is 12.0. The molecule has 3 N–H and O–H groups in total. The predicted molar refractivity (Wildman–Crippen MR) is 82.0 cm³/mol. The maximum absolute atomic E-state index is 10.9. The molecule has 0 saturated carbocycles. The van der Waals surface area contributed by atoms with E-state index in [-0.39, 0.29) is 5.56 Å². The van der Waals surface area contributed by atoms with E-state index in [0.29, 0.717) is 17.4 Å². The minimum absolute atomic E-state index is 0.229. The fraction of sp³-hybridized carbons (Fsp3) is 0.267. The van der Waals surface area contributed by atoms with Crippen molar-refractivity contribution in [1.82, 2.24) is 9.97 Å². The third-order valence-electron chi connectivity index (χ3n) is 2.74. The van der Waals surface area contributed by atoms with Crippen LogP contribution in [0.4, 0.5) is 17.3 Å². The third kappa shape index (κ3) is 4.45. The number of rotatable bonds is 6. The summed E-state index contributed by atoms with van der Waals surface area (Å²) in [4.78, 5) is 19.2. The van der Waals surface area contributed by atoms with Crippen molar-refractivity contribution in [3.8, 4) is 0 Å². The van der Waals surface area contributed by atoms with Crippen LogP contribution in [-0.4, -0.2) is 27.6 Å². The normalized spacial score (nSPS) is 10.4. The van der Waals surface area contributed by atoms with Gasteiger partial charge in [0.25, 0.3) is 0 Å². The lowest BCUT2D eigenvalue weighted by Gasteiger charge is -2.10. The topological polar surface area (TPSA) is 87.1 Å². The Bertz CT molecular complexity index is 629. The number of anilines is 3. The minimum atomic E-state index is -0.958. The van der Waals surface area contributed by atoms with E-state index < -0.39 is 5.97 Å². The lowest BCUT2D eigenvalue weighted by molar-refractivity contribution is 0.0697. The molecular weight excluding hydrogens is 268 g/mol. The summed E-state index contributed by atoms with van der Waals surface area (Å²) in [6.45, 7) is 5.06. The molecule has 1 aromatic carbocycles. The van der Waals surface area contributed by atoms with E-state index in [9.17, 15) is 4.79 Å². The molecule has 0 fully saturated rings. The highest BCUT2D eigenvalue weighted by Crippen LogP contribution is 2.17. The maximum atomic E-state index is 10.9. The summed E-state index contributed by atoms with van der Waals surface area (Å²) in [5, 5.41) is 15.3. The van der Waals surface area contributed by atoms with Crippen LogP contribution in [0, 0.1) is 5.92 Å². The summed E-state index contributed by atoms with van der Waals surface area (Å²) in [6.07, 6.45) is 1.46. The third-order valence-corrected chi connectivity index (χ3v) is 2.74. The molecule has 110 valence electrons. The first-order chi connectivity index (χ1) is 10.0. The van der Waals surface area contributed by atoms with Crippen LogP contribution in [0.1, 0.15) is 24.2 Å². The highest BCUT2D eigenvalue weighted by Gasteiger charge is 2.04. The summed E-state index contributed by atoms with van der Waals surface area (Å²) >= 11 is 0. The molecule has 0 aliphatic heterocycles. The van der Waals surface area contributed by atoms with Crippen LogP contribution in [0.25, 0.3) is 0 Å². The first-order valence-corrected chi connectivity index (χ1v) is 6.71. The van der Waals surface area contributed by atoms with E-state index in [1.165, 1.54) is 6.33 Å². The molecule has 0 unspecified atom stereocenters. The fourth-order valence-electron chi connectivity index (χ4n) is 1.71. The Labute approximate surface area is 123 Å². The van der Waals surface area contributed by atoms with Crippen molar-refractivity contribution in [2.24, 2.45) is 5.92 Å². The average molecular weight is 286 g/mol. The van der Waals surface area contributed by atoms with E-state index in [0.717, 1.165) is 12.4 Å². The molecular formula is C15H18N4O2.